The van der Waals surface area contributed by atoms with Gasteiger partial charge in [0.15, 0.2) is 0 Å². The fraction of sp³-hybridized carbons (Fsp3) is 0.455. The molecular formula is C11H17ClN2O2S. The van der Waals surface area contributed by atoms with E-state index in [1.165, 1.54) is 0 Å². The summed E-state index contributed by atoms with van der Waals surface area (Å²) in [5.41, 5.74) is 0.896. The average molecular weight is 277 g/mol. The van der Waals surface area contributed by atoms with Crippen LogP contribution in [-0.2, 0) is 16.6 Å². The van der Waals surface area contributed by atoms with Crippen LogP contribution in [0.15, 0.2) is 23.1 Å². The monoisotopic (exact) mass is 276 g/mol. The van der Waals surface area contributed by atoms with Gasteiger partial charge in [-0.05, 0) is 24.2 Å². The maximum atomic E-state index is 11.9. The van der Waals surface area contributed by atoms with Crippen LogP contribution < -0.4 is 10.0 Å². The zero-order chi connectivity index (χ0) is 12.9. The van der Waals surface area contributed by atoms with Crippen molar-refractivity contribution in [3.8, 4) is 0 Å². The summed E-state index contributed by atoms with van der Waals surface area (Å²) in [4.78, 5) is 0.136. The number of halogens is 1. The summed E-state index contributed by atoms with van der Waals surface area (Å²) in [7, 11) is -3.50. The highest BCUT2D eigenvalue weighted by Crippen LogP contribution is 2.22. The molecule has 0 saturated carbocycles. The zero-order valence-electron chi connectivity index (χ0n) is 9.96. The molecule has 0 heterocycles. The third kappa shape index (κ3) is 3.96. The van der Waals surface area contributed by atoms with Gasteiger partial charge in [0.1, 0.15) is 4.90 Å². The first-order valence-electron chi connectivity index (χ1n) is 5.50. The van der Waals surface area contributed by atoms with Gasteiger partial charge in [-0.3, -0.25) is 0 Å². The molecule has 0 radical (unpaired) electrons. The van der Waals surface area contributed by atoms with Crippen LogP contribution in [0.4, 0.5) is 0 Å². The lowest BCUT2D eigenvalue weighted by atomic mass is 10.2. The Morgan fingerprint density at radius 2 is 1.94 bits per heavy atom. The Balaban J connectivity index is 3.06. The van der Waals surface area contributed by atoms with Crippen LogP contribution in [0.1, 0.15) is 19.4 Å². The summed E-state index contributed by atoms with van der Waals surface area (Å²) < 4.78 is 26.2. The van der Waals surface area contributed by atoms with E-state index >= 15 is 0 Å². The standard InChI is InChI=1S/C11H17ClN2O2S/c1-3-13-8-9-5-6-10(12)11(7-9)17(15,16)14-4-2/h5-7,13-14H,3-4,8H2,1-2H3. The lowest BCUT2D eigenvalue weighted by Gasteiger charge is -2.09. The van der Waals surface area contributed by atoms with Crippen molar-refractivity contribution < 1.29 is 8.42 Å². The van der Waals surface area contributed by atoms with Gasteiger partial charge < -0.3 is 5.32 Å². The quantitative estimate of drug-likeness (QED) is 0.832. The Bertz CT molecular complexity index is 474. The molecule has 2 N–H and O–H groups in total. The van der Waals surface area contributed by atoms with E-state index in [9.17, 15) is 8.42 Å². The van der Waals surface area contributed by atoms with E-state index in [0.29, 0.717) is 13.1 Å². The van der Waals surface area contributed by atoms with Gasteiger partial charge in [-0.25, -0.2) is 13.1 Å². The fourth-order valence-corrected chi connectivity index (χ4v) is 2.99. The second kappa shape index (κ2) is 6.35. The molecule has 1 rings (SSSR count). The van der Waals surface area contributed by atoms with Crippen molar-refractivity contribution in [2.45, 2.75) is 25.3 Å². The number of hydrogen-bond acceptors (Lipinski definition) is 3. The number of hydrogen-bond donors (Lipinski definition) is 2. The molecule has 17 heavy (non-hydrogen) atoms. The number of benzene rings is 1. The van der Waals surface area contributed by atoms with Crippen LogP contribution in [0, 0.1) is 0 Å². The van der Waals surface area contributed by atoms with Gasteiger partial charge in [0.2, 0.25) is 10.0 Å². The lowest BCUT2D eigenvalue weighted by molar-refractivity contribution is 0.583. The molecule has 0 spiro atoms. The van der Waals surface area contributed by atoms with Gasteiger partial charge in [0.05, 0.1) is 5.02 Å². The minimum atomic E-state index is -3.50. The van der Waals surface area contributed by atoms with Crippen LogP contribution in [0.2, 0.25) is 5.02 Å². The molecule has 0 aromatic heterocycles. The molecule has 4 nitrogen and oxygen atoms in total. The Labute approximate surface area is 107 Å². The van der Waals surface area contributed by atoms with Gasteiger partial charge >= 0.3 is 0 Å². The highest BCUT2D eigenvalue weighted by molar-refractivity contribution is 7.89. The predicted molar refractivity (Wildman–Crippen MR) is 69.7 cm³/mol. The molecule has 0 fully saturated rings. The van der Waals surface area contributed by atoms with E-state index < -0.39 is 10.0 Å². The number of nitrogens with one attached hydrogen (secondary N) is 2. The van der Waals surface area contributed by atoms with E-state index in [1.807, 2.05) is 13.0 Å². The first-order chi connectivity index (χ1) is 8.01. The molecular weight excluding hydrogens is 260 g/mol. The second-order valence-electron chi connectivity index (χ2n) is 3.55. The van der Waals surface area contributed by atoms with E-state index in [4.69, 9.17) is 11.6 Å². The summed E-state index contributed by atoms with van der Waals surface area (Å²) in [6.45, 7) is 5.52. The van der Waals surface area contributed by atoms with Gasteiger partial charge in [-0.1, -0.05) is 31.5 Å². The minimum Gasteiger partial charge on any atom is -0.313 e. The molecule has 0 amide bonds. The second-order valence-corrected chi connectivity index (χ2v) is 5.69. The van der Waals surface area contributed by atoms with Crippen LogP contribution in [0.25, 0.3) is 0 Å². The molecule has 0 aliphatic carbocycles. The Morgan fingerprint density at radius 1 is 1.24 bits per heavy atom. The normalized spacial score (nSPS) is 11.7. The molecule has 1 aromatic carbocycles. The van der Waals surface area contributed by atoms with Gasteiger partial charge in [-0.2, -0.15) is 0 Å². The predicted octanol–water partition coefficient (Wildman–Crippen LogP) is 1.75. The third-order valence-corrected chi connectivity index (χ3v) is 4.23. The highest BCUT2D eigenvalue weighted by atomic mass is 35.5. The average Bonchev–Trinajstić information content (AvgIpc) is 2.27. The van der Waals surface area contributed by atoms with Crippen molar-refractivity contribution in [2.24, 2.45) is 0 Å². The van der Waals surface area contributed by atoms with Crippen LogP contribution in [-0.4, -0.2) is 21.5 Å². The smallest absolute Gasteiger partial charge is 0.242 e. The van der Waals surface area contributed by atoms with Gasteiger partial charge in [0, 0.05) is 13.1 Å². The molecule has 0 bridgehead atoms. The van der Waals surface area contributed by atoms with Crippen LogP contribution in [0.5, 0.6) is 0 Å². The molecule has 6 heteroatoms. The van der Waals surface area contributed by atoms with Crippen molar-refractivity contribution >= 4 is 21.6 Å². The Kier molecular flexibility index (Phi) is 5.39. The van der Waals surface area contributed by atoms with Crippen molar-refractivity contribution in [3.63, 3.8) is 0 Å². The summed E-state index contributed by atoms with van der Waals surface area (Å²) in [6, 6.07) is 5.03. The maximum absolute atomic E-state index is 11.9. The van der Waals surface area contributed by atoms with Gasteiger partial charge in [0.25, 0.3) is 0 Å². The summed E-state index contributed by atoms with van der Waals surface area (Å²) in [6.07, 6.45) is 0. The summed E-state index contributed by atoms with van der Waals surface area (Å²) in [5, 5.41) is 3.38. The third-order valence-electron chi connectivity index (χ3n) is 2.20. The molecule has 96 valence electrons. The Hall–Kier alpha value is -0.620. The topological polar surface area (TPSA) is 58.2 Å². The summed E-state index contributed by atoms with van der Waals surface area (Å²) >= 11 is 5.91. The minimum absolute atomic E-state index is 0.136. The van der Waals surface area contributed by atoms with E-state index in [2.05, 4.69) is 10.0 Å². The number of rotatable bonds is 6. The first-order valence-corrected chi connectivity index (χ1v) is 7.36. The van der Waals surface area contributed by atoms with Crippen molar-refractivity contribution in [2.75, 3.05) is 13.1 Å². The molecule has 0 atom stereocenters. The van der Waals surface area contributed by atoms with E-state index in [1.54, 1.807) is 19.1 Å². The van der Waals surface area contributed by atoms with Gasteiger partial charge in [-0.15, -0.1) is 0 Å². The van der Waals surface area contributed by atoms with E-state index in [-0.39, 0.29) is 9.92 Å². The molecule has 0 aliphatic heterocycles. The van der Waals surface area contributed by atoms with E-state index in [0.717, 1.165) is 12.1 Å². The SMILES string of the molecule is CCNCc1ccc(Cl)c(S(=O)(=O)NCC)c1. The maximum Gasteiger partial charge on any atom is 0.242 e. The highest BCUT2D eigenvalue weighted by Gasteiger charge is 2.17. The van der Waals surface area contributed by atoms with Crippen LogP contribution >= 0.6 is 11.6 Å². The first kappa shape index (κ1) is 14.4. The fourth-order valence-electron chi connectivity index (χ4n) is 1.40. The van der Waals surface area contributed by atoms with Crippen molar-refractivity contribution in [1.82, 2.24) is 10.0 Å². The summed E-state index contributed by atoms with van der Waals surface area (Å²) in [5.74, 6) is 0. The Morgan fingerprint density at radius 3 is 2.53 bits per heavy atom. The molecule has 1 aromatic rings. The molecule has 0 saturated heterocycles. The van der Waals surface area contributed by atoms with Crippen molar-refractivity contribution in [3.05, 3.63) is 28.8 Å². The number of sulfonamides is 1. The molecule has 0 aliphatic rings. The largest absolute Gasteiger partial charge is 0.313 e. The lowest BCUT2D eigenvalue weighted by Crippen LogP contribution is -2.23. The van der Waals surface area contributed by atoms with Crippen molar-refractivity contribution in [1.29, 1.82) is 0 Å². The molecule has 0 unspecified atom stereocenters. The zero-order valence-corrected chi connectivity index (χ0v) is 11.5. The van der Waals surface area contributed by atoms with Crippen LogP contribution in [0.3, 0.4) is 0 Å².